The van der Waals surface area contributed by atoms with Gasteiger partial charge in [0.25, 0.3) is 0 Å². The maximum Gasteiger partial charge on any atom is 0.333 e. The van der Waals surface area contributed by atoms with Crippen molar-refractivity contribution in [1.29, 1.82) is 0 Å². The van der Waals surface area contributed by atoms with Crippen LogP contribution in [0.25, 0.3) is 0 Å². The Hall–Kier alpha value is -0.990. The van der Waals surface area contributed by atoms with Gasteiger partial charge in [-0.3, -0.25) is 0 Å². The van der Waals surface area contributed by atoms with Crippen LogP contribution in [-0.2, 0) is 33.2 Å². The van der Waals surface area contributed by atoms with E-state index in [9.17, 15) is 4.79 Å². The summed E-state index contributed by atoms with van der Waals surface area (Å²) >= 11 is 0. The molecule has 0 aromatic heterocycles. The van der Waals surface area contributed by atoms with Gasteiger partial charge >= 0.3 is 5.97 Å². The van der Waals surface area contributed by atoms with E-state index in [2.05, 4.69) is 6.58 Å². The number of carbonyl (C=O) groups excluding carboxylic acids is 1. The molecule has 0 aliphatic rings. The lowest BCUT2D eigenvalue weighted by Crippen LogP contribution is -2.15. The minimum absolute atomic E-state index is 0.219. The first-order valence-electron chi connectivity index (χ1n) is 8.29. The summed E-state index contributed by atoms with van der Waals surface area (Å²) in [7, 11) is 0. The molecule has 0 radical (unpaired) electrons. The van der Waals surface area contributed by atoms with Crippen LogP contribution < -0.4 is 0 Å². The largest absolute Gasteiger partial charge is 0.460 e. The highest BCUT2D eigenvalue weighted by atomic mass is 16.6. The monoisotopic (exact) mass is 348 g/mol. The highest BCUT2D eigenvalue weighted by Gasteiger charge is 2.01. The van der Waals surface area contributed by atoms with E-state index in [-0.39, 0.29) is 12.7 Å². The predicted molar refractivity (Wildman–Crippen MR) is 90.1 cm³/mol. The summed E-state index contributed by atoms with van der Waals surface area (Å²) in [6.07, 6.45) is 0.234. The van der Waals surface area contributed by atoms with E-state index in [1.54, 1.807) is 6.92 Å². The second-order valence-electron chi connectivity index (χ2n) is 5.29. The molecule has 0 rings (SSSR count). The second kappa shape index (κ2) is 16.9. The van der Waals surface area contributed by atoms with Gasteiger partial charge in [-0.15, -0.1) is 0 Å². The van der Waals surface area contributed by atoms with Crippen LogP contribution >= 0.6 is 0 Å². The fourth-order valence-corrected chi connectivity index (χ4v) is 1.42. The van der Waals surface area contributed by atoms with Gasteiger partial charge in [-0.1, -0.05) is 6.58 Å². The molecule has 0 saturated carbocycles. The summed E-state index contributed by atoms with van der Waals surface area (Å²) in [5, 5.41) is 0. The molecule has 0 unspecified atom stereocenters. The number of carbonyl (C=O) groups is 1. The van der Waals surface area contributed by atoms with Gasteiger partial charge in [-0.2, -0.15) is 0 Å². The first-order chi connectivity index (χ1) is 11.5. The molecule has 0 N–H and O–H groups in total. The van der Waals surface area contributed by atoms with Crippen LogP contribution in [0.15, 0.2) is 12.2 Å². The van der Waals surface area contributed by atoms with Crippen molar-refractivity contribution in [3.05, 3.63) is 12.2 Å². The Morgan fingerprint density at radius 3 is 1.50 bits per heavy atom. The topological polar surface area (TPSA) is 72.5 Å². The van der Waals surface area contributed by atoms with Crippen molar-refractivity contribution in [2.45, 2.75) is 26.9 Å². The van der Waals surface area contributed by atoms with Crippen LogP contribution in [-0.4, -0.2) is 78.1 Å². The number of hydrogen-bond donors (Lipinski definition) is 0. The zero-order valence-corrected chi connectivity index (χ0v) is 15.2. The summed E-state index contributed by atoms with van der Waals surface area (Å²) in [5.41, 5.74) is 0.382. The molecule has 142 valence electrons. The predicted octanol–water partition coefficient (Wildman–Crippen LogP) is 1.60. The fraction of sp³-hybridized carbons (Fsp3) is 0.824. The highest BCUT2D eigenvalue weighted by Crippen LogP contribution is 1.91. The lowest BCUT2D eigenvalue weighted by molar-refractivity contribution is -0.140. The fourth-order valence-electron chi connectivity index (χ4n) is 1.42. The molecule has 0 aromatic carbocycles. The average Bonchev–Trinajstić information content (AvgIpc) is 2.53. The normalized spacial score (nSPS) is 11.0. The molecular weight excluding hydrogens is 316 g/mol. The van der Waals surface area contributed by atoms with Gasteiger partial charge in [-0.05, 0) is 20.8 Å². The average molecular weight is 348 g/mol. The van der Waals surface area contributed by atoms with E-state index >= 15 is 0 Å². The van der Waals surface area contributed by atoms with Crippen LogP contribution in [0.4, 0.5) is 0 Å². The molecule has 0 bridgehead atoms. The SMILES string of the molecule is C=C(C)C(=O)OCCOCCOCCOCCOCCOC(C)C. The summed E-state index contributed by atoms with van der Waals surface area (Å²) < 4.78 is 31.5. The zero-order valence-electron chi connectivity index (χ0n) is 15.2. The van der Waals surface area contributed by atoms with E-state index in [1.807, 2.05) is 13.8 Å². The van der Waals surface area contributed by atoms with E-state index in [0.29, 0.717) is 65.0 Å². The molecule has 0 heterocycles. The van der Waals surface area contributed by atoms with E-state index in [0.717, 1.165) is 0 Å². The van der Waals surface area contributed by atoms with E-state index in [1.165, 1.54) is 0 Å². The maximum absolute atomic E-state index is 11.1. The van der Waals surface area contributed by atoms with Gasteiger partial charge < -0.3 is 28.4 Å². The van der Waals surface area contributed by atoms with Crippen LogP contribution in [0, 0.1) is 0 Å². The summed E-state index contributed by atoms with van der Waals surface area (Å²) in [6.45, 7) is 13.9. The Bertz CT molecular complexity index is 318. The van der Waals surface area contributed by atoms with Crippen molar-refractivity contribution in [2.24, 2.45) is 0 Å². The molecular formula is C17H32O7. The Morgan fingerprint density at radius 2 is 1.12 bits per heavy atom. The number of hydrogen-bond acceptors (Lipinski definition) is 7. The third kappa shape index (κ3) is 17.4. The maximum atomic E-state index is 11.1. The zero-order chi connectivity index (χ0) is 18.0. The molecule has 0 fully saturated rings. The van der Waals surface area contributed by atoms with E-state index < -0.39 is 5.97 Å². The molecule has 0 aromatic rings. The molecule has 0 saturated heterocycles. The molecule has 0 atom stereocenters. The molecule has 7 nitrogen and oxygen atoms in total. The number of esters is 1. The molecule has 0 aliphatic carbocycles. The quantitative estimate of drug-likeness (QED) is 0.225. The molecule has 0 spiro atoms. The van der Waals surface area contributed by atoms with Crippen LogP contribution in [0.1, 0.15) is 20.8 Å². The smallest absolute Gasteiger partial charge is 0.333 e. The van der Waals surface area contributed by atoms with Crippen molar-refractivity contribution in [3.63, 3.8) is 0 Å². The first-order valence-corrected chi connectivity index (χ1v) is 8.29. The summed E-state index contributed by atoms with van der Waals surface area (Å²) in [4.78, 5) is 11.1. The Balaban J connectivity index is 3.08. The van der Waals surface area contributed by atoms with Gasteiger partial charge in [0.05, 0.1) is 65.6 Å². The molecule has 0 aliphatic heterocycles. The van der Waals surface area contributed by atoms with Crippen molar-refractivity contribution in [1.82, 2.24) is 0 Å². The first kappa shape index (κ1) is 23.0. The van der Waals surface area contributed by atoms with Gasteiger partial charge in [0, 0.05) is 5.57 Å². The Labute approximate surface area is 145 Å². The van der Waals surface area contributed by atoms with Crippen LogP contribution in [0.3, 0.4) is 0 Å². The van der Waals surface area contributed by atoms with Crippen molar-refractivity contribution in [3.8, 4) is 0 Å². The van der Waals surface area contributed by atoms with Gasteiger partial charge in [0.15, 0.2) is 0 Å². The van der Waals surface area contributed by atoms with Gasteiger partial charge in [-0.25, -0.2) is 4.79 Å². The number of ether oxygens (including phenoxy) is 6. The molecule has 7 heteroatoms. The lowest BCUT2D eigenvalue weighted by Gasteiger charge is -2.09. The third-order valence-corrected chi connectivity index (χ3v) is 2.60. The summed E-state index contributed by atoms with van der Waals surface area (Å²) in [5.74, 6) is -0.400. The van der Waals surface area contributed by atoms with Crippen LogP contribution in [0.2, 0.25) is 0 Å². The third-order valence-electron chi connectivity index (χ3n) is 2.60. The van der Waals surface area contributed by atoms with Gasteiger partial charge in [0.1, 0.15) is 6.61 Å². The number of rotatable bonds is 17. The highest BCUT2D eigenvalue weighted by molar-refractivity contribution is 5.86. The van der Waals surface area contributed by atoms with Gasteiger partial charge in [0.2, 0.25) is 0 Å². The second-order valence-corrected chi connectivity index (χ2v) is 5.29. The Morgan fingerprint density at radius 1 is 0.750 bits per heavy atom. The van der Waals surface area contributed by atoms with Crippen molar-refractivity contribution in [2.75, 3.05) is 66.1 Å². The minimum Gasteiger partial charge on any atom is -0.460 e. The Kier molecular flexibility index (Phi) is 16.2. The minimum atomic E-state index is -0.400. The standard InChI is InChI=1S/C17H32O7/c1-15(2)17(18)24-14-12-22-10-8-20-6-5-19-7-9-21-11-13-23-16(3)4/h16H,1,5-14H2,2-4H3. The van der Waals surface area contributed by atoms with Crippen molar-refractivity contribution >= 4 is 5.97 Å². The lowest BCUT2D eigenvalue weighted by atomic mass is 10.4. The van der Waals surface area contributed by atoms with E-state index in [4.69, 9.17) is 28.4 Å². The van der Waals surface area contributed by atoms with Crippen molar-refractivity contribution < 1.29 is 33.2 Å². The molecule has 0 amide bonds. The molecule has 24 heavy (non-hydrogen) atoms. The van der Waals surface area contributed by atoms with Crippen LogP contribution in [0.5, 0.6) is 0 Å². The summed E-state index contributed by atoms with van der Waals surface area (Å²) in [6, 6.07) is 0.